The Morgan fingerprint density at radius 1 is 1.18 bits per heavy atom. The van der Waals surface area contributed by atoms with Crippen LogP contribution in [0.4, 0.5) is 11.4 Å². The summed E-state index contributed by atoms with van der Waals surface area (Å²) in [6.07, 6.45) is 3.35. The molecule has 0 fully saturated rings. The van der Waals surface area contributed by atoms with Gasteiger partial charge in [0.1, 0.15) is 12.9 Å². The minimum absolute atomic E-state index is 0.173. The van der Waals surface area contributed by atoms with Gasteiger partial charge in [-0.15, -0.1) is 0 Å². The number of methoxy groups -OCH3 is 1. The van der Waals surface area contributed by atoms with Gasteiger partial charge in [-0.25, -0.2) is 4.79 Å². The fourth-order valence-electron chi connectivity index (χ4n) is 2.51. The van der Waals surface area contributed by atoms with Crippen molar-refractivity contribution >= 4 is 39.2 Å². The molecule has 1 aliphatic rings. The topological polar surface area (TPSA) is 91.9 Å². The van der Waals surface area contributed by atoms with E-state index in [1.54, 1.807) is 24.4 Å². The normalized spacial score (nSPS) is 12.8. The number of halogens is 1. The van der Waals surface area contributed by atoms with Gasteiger partial charge in [0.25, 0.3) is 0 Å². The average Bonchev–Trinajstić information content (AvgIpc) is 3.22. The van der Waals surface area contributed by atoms with Gasteiger partial charge in [-0.1, -0.05) is 28.1 Å². The Bertz CT molecular complexity index is 878. The first-order valence-electron chi connectivity index (χ1n) is 8.41. The van der Waals surface area contributed by atoms with Crippen LogP contribution in [0.25, 0.3) is 0 Å². The fourth-order valence-corrected chi connectivity index (χ4v) is 2.78. The third-order valence-corrected chi connectivity index (χ3v) is 4.41. The van der Waals surface area contributed by atoms with E-state index in [1.807, 2.05) is 24.3 Å². The number of anilines is 2. The molecule has 9 heteroatoms. The van der Waals surface area contributed by atoms with E-state index in [1.165, 1.54) is 18.5 Å². The molecule has 0 saturated carbocycles. The van der Waals surface area contributed by atoms with Crippen molar-refractivity contribution in [3.05, 3.63) is 70.5 Å². The van der Waals surface area contributed by atoms with E-state index < -0.39 is 5.97 Å². The summed E-state index contributed by atoms with van der Waals surface area (Å²) in [7, 11) is 1.32. The molecule has 2 aromatic carbocycles. The van der Waals surface area contributed by atoms with Crippen molar-refractivity contribution < 1.29 is 19.2 Å². The van der Waals surface area contributed by atoms with Crippen LogP contribution in [0.3, 0.4) is 0 Å². The zero-order chi connectivity index (χ0) is 19.9. The maximum Gasteiger partial charge on any atom is 0.337 e. The Hall–Kier alpha value is -3.04. The highest BCUT2D eigenvalue weighted by molar-refractivity contribution is 9.10. The predicted octanol–water partition coefficient (Wildman–Crippen LogP) is 3.01. The molecule has 0 aromatic heterocycles. The van der Waals surface area contributed by atoms with E-state index in [2.05, 4.69) is 32.0 Å². The van der Waals surface area contributed by atoms with Gasteiger partial charge < -0.3 is 20.2 Å². The number of rotatable bonds is 7. The number of hydrazine groups is 1. The van der Waals surface area contributed by atoms with Crippen molar-refractivity contribution in [3.8, 4) is 0 Å². The van der Waals surface area contributed by atoms with Crippen LogP contribution in [0.5, 0.6) is 0 Å². The quantitative estimate of drug-likeness (QED) is 0.562. The Kier molecular flexibility index (Phi) is 6.51. The van der Waals surface area contributed by atoms with Crippen molar-refractivity contribution in [2.24, 2.45) is 0 Å². The van der Waals surface area contributed by atoms with Gasteiger partial charge >= 0.3 is 5.97 Å². The molecule has 1 heterocycles. The largest absolute Gasteiger partial charge is 0.465 e. The Morgan fingerprint density at radius 3 is 2.64 bits per heavy atom. The van der Waals surface area contributed by atoms with Gasteiger partial charge in [0.2, 0.25) is 5.91 Å². The SMILES string of the molecule is COC(=O)c1ccc(NC(=O)Cc2ccc(Br)cc2)c(NCN2NC=CO2)c1. The third kappa shape index (κ3) is 5.24. The second-order valence-electron chi connectivity index (χ2n) is 5.85. The second-order valence-corrected chi connectivity index (χ2v) is 6.77. The van der Waals surface area contributed by atoms with Crippen molar-refractivity contribution in [1.82, 2.24) is 10.6 Å². The van der Waals surface area contributed by atoms with Gasteiger partial charge in [0.05, 0.1) is 36.7 Å². The van der Waals surface area contributed by atoms with Gasteiger partial charge in [-0.05, 0) is 41.1 Å². The van der Waals surface area contributed by atoms with Crippen LogP contribution in [0.1, 0.15) is 15.9 Å². The number of nitrogens with one attached hydrogen (secondary N) is 3. The van der Waals surface area contributed by atoms with Crippen LogP contribution in [-0.2, 0) is 20.8 Å². The number of nitrogens with zero attached hydrogens (tertiary/aromatic N) is 1. The molecule has 3 N–H and O–H groups in total. The smallest absolute Gasteiger partial charge is 0.337 e. The molecule has 0 spiro atoms. The molecular weight excluding hydrogens is 428 g/mol. The molecule has 3 rings (SSSR count). The van der Waals surface area contributed by atoms with Gasteiger partial charge in [-0.2, -0.15) is 0 Å². The monoisotopic (exact) mass is 446 g/mol. The molecule has 1 aliphatic heterocycles. The van der Waals surface area contributed by atoms with Crippen molar-refractivity contribution in [1.29, 1.82) is 0 Å². The first kappa shape index (κ1) is 19.7. The molecule has 0 radical (unpaired) electrons. The molecule has 8 nitrogen and oxygen atoms in total. The van der Waals surface area contributed by atoms with Crippen LogP contribution in [0.2, 0.25) is 0 Å². The van der Waals surface area contributed by atoms with E-state index in [4.69, 9.17) is 9.57 Å². The lowest BCUT2D eigenvalue weighted by Gasteiger charge is -2.18. The Balaban J connectivity index is 1.72. The molecule has 0 atom stereocenters. The summed E-state index contributed by atoms with van der Waals surface area (Å²) in [6, 6.07) is 12.4. The van der Waals surface area contributed by atoms with Crippen LogP contribution in [-0.4, -0.2) is 30.8 Å². The number of carbonyl (C=O) groups is 2. The van der Waals surface area contributed by atoms with E-state index in [0.717, 1.165) is 10.0 Å². The minimum atomic E-state index is -0.465. The second kappa shape index (κ2) is 9.25. The van der Waals surface area contributed by atoms with Crippen LogP contribution in [0, 0.1) is 0 Å². The molecular formula is C19H19BrN4O4. The van der Waals surface area contributed by atoms with Crippen LogP contribution in [0.15, 0.2) is 59.4 Å². The molecule has 0 saturated heterocycles. The predicted molar refractivity (Wildman–Crippen MR) is 108 cm³/mol. The maximum atomic E-state index is 12.5. The number of hydrogen-bond acceptors (Lipinski definition) is 7. The standard InChI is InChI=1S/C19H19BrN4O4/c1-27-19(26)14-4-7-16(17(11-14)21-12-24-22-8-9-28-24)23-18(25)10-13-2-5-15(20)6-3-13/h2-9,11,21-22H,10,12H2,1H3,(H,23,25). The van der Waals surface area contributed by atoms with Crippen molar-refractivity contribution in [2.45, 2.75) is 6.42 Å². The summed E-state index contributed by atoms with van der Waals surface area (Å²) in [4.78, 5) is 29.5. The summed E-state index contributed by atoms with van der Waals surface area (Å²) in [5, 5.41) is 7.44. The molecule has 0 bridgehead atoms. The van der Waals surface area contributed by atoms with E-state index >= 15 is 0 Å². The maximum absolute atomic E-state index is 12.5. The number of benzene rings is 2. The highest BCUT2D eigenvalue weighted by atomic mass is 79.9. The zero-order valence-electron chi connectivity index (χ0n) is 15.1. The van der Waals surface area contributed by atoms with Gasteiger partial charge in [-0.3, -0.25) is 10.2 Å². The highest BCUT2D eigenvalue weighted by Gasteiger charge is 2.14. The van der Waals surface area contributed by atoms with Crippen LogP contribution < -0.4 is 16.1 Å². The zero-order valence-corrected chi connectivity index (χ0v) is 16.7. The summed E-state index contributed by atoms with van der Waals surface area (Å²) in [5.41, 5.74) is 5.22. The molecule has 0 unspecified atom stereocenters. The number of carbonyl (C=O) groups excluding carboxylic acids is 2. The minimum Gasteiger partial charge on any atom is -0.465 e. The van der Waals surface area contributed by atoms with Crippen molar-refractivity contribution in [3.63, 3.8) is 0 Å². The highest BCUT2D eigenvalue weighted by Crippen LogP contribution is 2.24. The fraction of sp³-hybridized carbons (Fsp3) is 0.158. The van der Waals surface area contributed by atoms with E-state index in [0.29, 0.717) is 16.9 Å². The lowest BCUT2D eigenvalue weighted by Crippen LogP contribution is -2.33. The Labute approximate surface area is 170 Å². The Morgan fingerprint density at radius 2 is 1.96 bits per heavy atom. The lowest BCUT2D eigenvalue weighted by atomic mass is 10.1. The molecule has 0 aliphatic carbocycles. The molecule has 28 heavy (non-hydrogen) atoms. The summed E-state index contributed by atoms with van der Waals surface area (Å²) >= 11 is 3.37. The summed E-state index contributed by atoms with van der Waals surface area (Å²) in [5.74, 6) is -0.638. The summed E-state index contributed by atoms with van der Waals surface area (Å²) < 4.78 is 5.72. The van der Waals surface area contributed by atoms with Crippen molar-refractivity contribution in [2.75, 3.05) is 24.4 Å². The molecule has 146 valence electrons. The first-order valence-corrected chi connectivity index (χ1v) is 9.20. The van der Waals surface area contributed by atoms with E-state index in [-0.39, 0.29) is 19.0 Å². The number of ether oxygens (including phenoxy) is 1. The summed E-state index contributed by atoms with van der Waals surface area (Å²) in [6.45, 7) is 0.271. The van der Waals surface area contributed by atoms with Crippen LogP contribution >= 0.6 is 15.9 Å². The number of esters is 1. The molecule has 2 aromatic rings. The lowest BCUT2D eigenvalue weighted by molar-refractivity contribution is -0.115. The van der Waals surface area contributed by atoms with E-state index in [9.17, 15) is 9.59 Å². The third-order valence-electron chi connectivity index (χ3n) is 3.88. The average molecular weight is 447 g/mol. The molecule has 1 amide bonds. The van der Waals surface area contributed by atoms with Gasteiger partial charge in [0, 0.05) is 4.47 Å². The number of hydrogen-bond donors (Lipinski definition) is 3. The number of hydroxylamine groups is 1. The number of amides is 1. The first-order chi connectivity index (χ1) is 13.5. The van der Waals surface area contributed by atoms with Gasteiger partial charge in [0.15, 0.2) is 0 Å².